The lowest BCUT2D eigenvalue weighted by Gasteiger charge is -2.20. The number of hydrazone groups is 1. The van der Waals surface area contributed by atoms with Crippen LogP contribution >= 0.6 is 39.1 Å². The monoisotopic (exact) mass is 630 g/mol. The fourth-order valence-electron chi connectivity index (χ4n) is 3.42. The van der Waals surface area contributed by atoms with Gasteiger partial charge in [0.1, 0.15) is 12.6 Å². The number of carbonyl (C=O) groups excluding carboxylic acids is 2. The quantitative estimate of drug-likeness (QED) is 0.207. The molecule has 0 spiro atoms. The maximum Gasteiger partial charge on any atom is 0.262 e. The molecule has 1 unspecified atom stereocenters. The molecule has 3 aromatic rings. The van der Waals surface area contributed by atoms with Gasteiger partial charge in [-0.1, -0.05) is 49.2 Å². The van der Waals surface area contributed by atoms with Crippen molar-refractivity contribution >= 4 is 57.2 Å². The summed E-state index contributed by atoms with van der Waals surface area (Å²) >= 11 is 15.4. The number of nitrogens with one attached hydrogen (secondary N) is 2. The van der Waals surface area contributed by atoms with Gasteiger partial charge in [0.2, 0.25) is 0 Å². The second-order valence-electron chi connectivity index (χ2n) is 8.69. The van der Waals surface area contributed by atoms with Crippen molar-refractivity contribution in [2.75, 3.05) is 7.11 Å². The van der Waals surface area contributed by atoms with E-state index in [1.165, 1.54) is 31.5 Å². The van der Waals surface area contributed by atoms with Crippen molar-refractivity contribution < 1.29 is 19.1 Å². The molecule has 3 aromatic carbocycles. The smallest absolute Gasteiger partial charge is 0.262 e. The van der Waals surface area contributed by atoms with Crippen LogP contribution in [0.3, 0.4) is 0 Å². The summed E-state index contributed by atoms with van der Waals surface area (Å²) in [5.41, 5.74) is 4.85. The summed E-state index contributed by atoms with van der Waals surface area (Å²) in [6.45, 7) is 3.89. The fourth-order valence-corrected chi connectivity index (χ4v) is 4.29. The SMILES string of the molecule is COc1cc(/C=N/NC(=O)C(NC(=O)c2ccc(Cl)c(Cl)c2)C(C)C)cc(Br)c1OCc1ccc(C#N)cc1. The molecule has 0 radical (unpaired) electrons. The molecule has 0 heterocycles. The third kappa shape index (κ3) is 8.20. The third-order valence-electron chi connectivity index (χ3n) is 5.52. The zero-order valence-corrected chi connectivity index (χ0v) is 24.4. The van der Waals surface area contributed by atoms with Gasteiger partial charge in [-0.05, 0) is 75.4 Å². The largest absolute Gasteiger partial charge is 0.493 e. The molecule has 0 saturated carbocycles. The molecule has 3 rings (SSSR count). The lowest BCUT2D eigenvalue weighted by atomic mass is 10.0. The fraction of sp³-hybridized carbons (Fsp3) is 0.214. The number of nitrogens with zero attached hydrogens (tertiary/aromatic N) is 2. The van der Waals surface area contributed by atoms with Crippen molar-refractivity contribution in [1.82, 2.24) is 10.7 Å². The Morgan fingerprint density at radius 2 is 1.82 bits per heavy atom. The molecular weight excluding hydrogens is 607 g/mol. The Morgan fingerprint density at radius 1 is 1.10 bits per heavy atom. The van der Waals surface area contributed by atoms with E-state index in [0.717, 1.165) is 5.56 Å². The van der Waals surface area contributed by atoms with Gasteiger partial charge in [0, 0.05) is 5.56 Å². The molecule has 1 atom stereocenters. The zero-order valence-electron chi connectivity index (χ0n) is 21.3. The molecule has 0 aliphatic heterocycles. The van der Waals surface area contributed by atoms with Gasteiger partial charge in [0.15, 0.2) is 11.5 Å². The normalized spacial score (nSPS) is 11.6. The van der Waals surface area contributed by atoms with Gasteiger partial charge in [-0.25, -0.2) is 5.43 Å². The lowest BCUT2D eigenvalue weighted by Crippen LogP contribution is -2.48. The first-order valence-corrected chi connectivity index (χ1v) is 13.3. The van der Waals surface area contributed by atoms with Crippen LogP contribution in [0, 0.1) is 17.2 Å². The maximum atomic E-state index is 12.8. The molecule has 0 aliphatic carbocycles. The van der Waals surface area contributed by atoms with Crippen LogP contribution in [0.2, 0.25) is 10.0 Å². The molecule has 0 aliphatic rings. The topological polar surface area (TPSA) is 113 Å². The number of carbonyl (C=O) groups is 2. The summed E-state index contributed by atoms with van der Waals surface area (Å²) in [5.74, 6) is -0.207. The third-order valence-corrected chi connectivity index (χ3v) is 6.85. The van der Waals surface area contributed by atoms with E-state index in [0.29, 0.717) is 32.1 Å². The Bertz CT molecular complexity index is 1420. The van der Waals surface area contributed by atoms with Crippen molar-refractivity contribution in [2.45, 2.75) is 26.5 Å². The minimum Gasteiger partial charge on any atom is -0.493 e. The van der Waals surface area contributed by atoms with Gasteiger partial charge >= 0.3 is 0 Å². The zero-order chi connectivity index (χ0) is 28.5. The Kier molecular flexibility index (Phi) is 10.8. The predicted octanol–water partition coefficient (Wildman–Crippen LogP) is 6.12. The summed E-state index contributed by atoms with van der Waals surface area (Å²) in [5, 5.41) is 16.3. The number of ether oxygens (including phenoxy) is 2. The maximum absolute atomic E-state index is 12.8. The van der Waals surface area contributed by atoms with Crippen molar-refractivity contribution in [3.8, 4) is 17.6 Å². The summed E-state index contributed by atoms with van der Waals surface area (Å²) in [6, 6.07) is 16.3. The van der Waals surface area contributed by atoms with E-state index in [9.17, 15) is 9.59 Å². The van der Waals surface area contributed by atoms with Crippen LogP contribution in [0.5, 0.6) is 11.5 Å². The van der Waals surface area contributed by atoms with Gasteiger partial charge in [0.25, 0.3) is 11.8 Å². The molecule has 39 heavy (non-hydrogen) atoms. The summed E-state index contributed by atoms with van der Waals surface area (Å²) < 4.78 is 12.0. The molecule has 0 saturated heterocycles. The molecule has 0 fully saturated rings. The molecule has 202 valence electrons. The Hall–Kier alpha value is -3.58. The first kappa shape index (κ1) is 30.0. The van der Waals surface area contributed by atoms with Crippen molar-refractivity contribution in [1.29, 1.82) is 5.26 Å². The van der Waals surface area contributed by atoms with Gasteiger partial charge in [-0.3, -0.25) is 9.59 Å². The lowest BCUT2D eigenvalue weighted by molar-refractivity contribution is -0.123. The minimum atomic E-state index is -0.844. The van der Waals surface area contributed by atoms with Gasteiger partial charge < -0.3 is 14.8 Å². The Labute approximate surface area is 245 Å². The summed E-state index contributed by atoms with van der Waals surface area (Å²) in [6.07, 6.45) is 1.45. The van der Waals surface area contributed by atoms with Crippen molar-refractivity contribution in [2.24, 2.45) is 11.0 Å². The number of hydrogen-bond acceptors (Lipinski definition) is 6. The number of hydrogen-bond donors (Lipinski definition) is 2. The molecule has 0 bridgehead atoms. The van der Waals surface area contributed by atoms with Crippen LogP contribution in [-0.4, -0.2) is 31.2 Å². The Balaban J connectivity index is 1.66. The molecule has 2 amide bonds. The van der Waals surface area contributed by atoms with Crippen molar-refractivity contribution in [3.05, 3.63) is 91.4 Å². The standard InChI is InChI=1S/C28H25BrCl2N4O4/c1-16(2)25(34-27(36)20-8-9-22(30)23(31)12-20)28(37)35-33-14-19-10-21(29)26(24(11-19)38-3)39-15-18-6-4-17(13-32)5-7-18/h4-12,14,16,25H,15H2,1-3H3,(H,34,36)(H,35,37)/b33-14+. The van der Waals surface area contributed by atoms with E-state index in [-0.39, 0.29) is 23.1 Å². The van der Waals surface area contributed by atoms with Crippen LogP contribution < -0.4 is 20.2 Å². The summed E-state index contributed by atoms with van der Waals surface area (Å²) in [7, 11) is 1.52. The van der Waals surface area contributed by atoms with E-state index < -0.39 is 17.9 Å². The van der Waals surface area contributed by atoms with Crippen LogP contribution in [0.1, 0.15) is 40.9 Å². The van der Waals surface area contributed by atoms with E-state index in [4.69, 9.17) is 37.9 Å². The number of rotatable bonds is 10. The van der Waals surface area contributed by atoms with Crippen molar-refractivity contribution in [3.63, 3.8) is 0 Å². The van der Waals surface area contributed by atoms with E-state index in [1.54, 1.807) is 24.3 Å². The van der Waals surface area contributed by atoms with Crippen LogP contribution in [0.4, 0.5) is 0 Å². The van der Waals surface area contributed by atoms with Gasteiger partial charge in [0.05, 0.1) is 39.5 Å². The van der Waals surface area contributed by atoms with Crippen LogP contribution in [-0.2, 0) is 11.4 Å². The molecule has 8 nitrogen and oxygen atoms in total. The highest BCUT2D eigenvalue weighted by atomic mass is 79.9. The van der Waals surface area contributed by atoms with E-state index in [1.807, 2.05) is 26.0 Å². The first-order valence-electron chi connectivity index (χ1n) is 11.7. The minimum absolute atomic E-state index is 0.214. The molecule has 2 N–H and O–H groups in total. The van der Waals surface area contributed by atoms with Gasteiger partial charge in [-0.15, -0.1) is 0 Å². The number of methoxy groups -OCH3 is 1. The van der Waals surface area contributed by atoms with Crippen LogP contribution in [0.25, 0.3) is 0 Å². The van der Waals surface area contributed by atoms with E-state index in [2.05, 4.69) is 37.8 Å². The predicted molar refractivity (Wildman–Crippen MR) is 154 cm³/mol. The highest BCUT2D eigenvalue weighted by Gasteiger charge is 2.25. The first-order chi connectivity index (χ1) is 18.6. The number of amides is 2. The van der Waals surface area contributed by atoms with Gasteiger partial charge in [-0.2, -0.15) is 10.4 Å². The number of halogens is 3. The average molecular weight is 632 g/mol. The highest BCUT2D eigenvalue weighted by molar-refractivity contribution is 9.10. The second-order valence-corrected chi connectivity index (χ2v) is 10.4. The average Bonchev–Trinajstić information content (AvgIpc) is 2.92. The molecule has 11 heteroatoms. The highest BCUT2D eigenvalue weighted by Crippen LogP contribution is 2.37. The molecule has 0 aromatic heterocycles. The Morgan fingerprint density at radius 3 is 2.44 bits per heavy atom. The van der Waals surface area contributed by atoms with E-state index >= 15 is 0 Å². The van der Waals surface area contributed by atoms with Crippen LogP contribution in [0.15, 0.2) is 64.2 Å². The number of benzene rings is 3. The molecular formula is C28H25BrCl2N4O4. The summed E-state index contributed by atoms with van der Waals surface area (Å²) in [4.78, 5) is 25.5. The number of nitriles is 1. The second kappa shape index (κ2) is 14.0.